The molecule has 1 aromatic heterocycles. The highest BCUT2D eigenvalue weighted by Gasteiger charge is 2.35. The molecule has 0 bridgehead atoms. The van der Waals surface area contributed by atoms with Gasteiger partial charge >= 0.3 is 23.8 Å². The van der Waals surface area contributed by atoms with E-state index >= 15 is 0 Å². The molecule has 8 nitrogen and oxygen atoms in total. The number of rotatable bonds is 10. The van der Waals surface area contributed by atoms with E-state index in [0.717, 1.165) is 30.9 Å². The van der Waals surface area contributed by atoms with Crippen molar-refractivity contribution in [3.63, 3.8) is 0 Å². The molecule has 0 amide bonds. The second kappa shape index (κ2) is 11.8. The number of hydrogen-bond acceptors (Lipinski definition) is 6. The van der Waals surface area contributed by atoms with Gasteiger partial charge in [-0.2, -0.15) is 13.2 Å². The zero-order chi connectivity index (χ0) is 27.4. The number of alkyl halides is 3. The van der Waals surface area contributed by atoms with Crippen LogP contribution in [0.2, 0.25) is 5.02 Å². The van der Waals surface area contributed by atoms with Crippen LogP contribution in [0.4, 0.5) is 17.6 Å². The number of carboxylic acids is 1. The van der Waals surface area contributed by atoms with E-state index in [1.54, 1.807) is 0 Å². The number of carbonyl (C=O) groups excluding carboxylic acids is 1. The van der Waals surface area contributed by atoms with E-state index in [0.29, 0.717) is 12.8 Å². The standard InChI is InChI=1S/C22H21ClF4N2O6S/c1-11(19(31)32)6-4-5-7-35-20(33)12(2)36-16-9-15(14(24)8-13(16)23)29-18(30)10-17(22(25,26)27)28(3)21(29)34/h8-10,12H,1,4-7H2,2-3H3,(H,31,32). The number of ether oxygens (including phenoxy) is 1. The Morgan fingerprint density at radius 3 is 2.44 bits per heavy atom. The molecule has 0 saturated carbocycles. The van der Waals surface area contributed by atoms with Crippen molar-refractivity contribution < 1.29 is 37.0 Å². The van der Waals surface area contributed by atoms with Gasteiger partial charge in [0.2, 0.25) is 0 Å². The number of aliphatic carboxylic acids is 1. The van der Waals surface area contributed by atoms with Crippen molar-refractivity contribution in [3.05, 3.63) is 67.7 Å². The SMILES string of the molecule is C=C(CCCCOC(=O)C(C)Sc1cc(-n2c(=O)cc(C(F)(F)F)n(C)c2=O)c(F)cc1Cl)C(=O)O. The Labute approximate surface area is 211 Å². The van der Waals surface area contributed by atoms with Crippen molar-refractivity contribution in [2.24, 2.45) is 7.05 Å². The van der Waals surface area contributed by atoms with Crippen LogP contribution in [0, 0.1) is 5.82 Å². The normalized spacial score (nSPS) is 12.3. The van der Waals surface area contributed by atoms with Crippen LogP contribution in [0.3, 0.4) is 0 Å². The van der Waals surface area contributed by atoms with Crippen molar-refractivity contribution in [1.82, 2.24) is 9.13 Å². The molecule has 0 aliphatic heterocycles. The maximum Gasteiger partial charge on any atom is 0.431 e. The van der Waals surface area contributed by atoms with Crippen LogP contribution in [0.15, 0.2) is 44.8 Å². The molecule has 14 heteroatoms. The van der Waals surface area contributed by atoms with Gasteiger partial charge in [0.15, 0.2) is 0 Å². The fourth-order valence-electron chi connectivity index (χ4n) is 2.98. The summed E-state index contributed by atoms with van der Waals surface area (Å²) in [6.45, 7) is 4.86. The molecule has 36 heavy (non-hydrogen) atoms. The largest absolute Gasteiger partial charge is 0.478 e. The summed E-state index contributed by atoms with van der Waals surface area (Å²) < 4.78 is 59.4. The molecule has 1 aromatic carbocycles. The maximum absolute atomic E-state index is 14.6. The van der Waals surface area contributed by atoms with Crippen LogP contribution in [0.25, 0.3) is 5.69 Å². The van der Waals surface area contributed by atoms with Crippen molar-refractivity contribution in [3.8, 4) is 5.69 Å². The minimum atomic E-state index is -4.98. The van der Waals surface area contributed by atoms with Crippen LogP contribution in [0.5, 0.6) is 0 Å². The van der Waals surface area contributed by atoms with Crippen LogP contribution in [0.1, 0.15) is 31.9 Å². The fourth-order valence-corrected chi connectivity index (χ4v) is 4.16. The monoisotopic (exact) mass is 552 g/mol. The molecule has 0 saturated heterocycles. The van der Waals surface area contributed by atoms with Gasteiger partial charge in [0.05, 0.1) is 17.3 Å². The number of halogens is 5. The minimum absolute atomic E-state index is 0.00994. The van der Waals surface area contributed by atoms with Gasteiger partial charge in [-0.05, 0) is 38.3 Å². The molecule has 1 N–H and O–H groups in total. The highest BCUT2D eigenvalue weighted by atomic mass is 35.5. The van der Waals surface area contributed by atoms with Gasteiger partial charge in [0.25, 0.3) is 5.56 Å². The van der Waals surface area contributed by atoms with Gasteiger partial charge in [-0.3, -0.25) is 14.2 Å². The first-order valence-corrected chi connectivity index (χ1v) is 11.5. The average Bonchev–Trinajstić information content (AvgIpc) is 2.77. The molecule has 2 rings (SSSR count). The first-order valence-electron chi connectivity index (χ1n) is 10.3. The Morgan fingerprint density at radius 1 is 1.22 bits per heavy atom. The van der Waals surface area contributed by atoms with Crippen LogP contribution < -0.4 is 11.2 Å². The molecule has 1 unspecified atom stereocenters. The molecule has 0 radical (unpaired) electrons. The highest BCUT2D eigenvalue weighted by molar-refractivity contribution is 8.00. The van der Waals surface area contributed by atoms with Crippen molar-refractivity contribution in [2.45, 2.75) is 42.5 Å². The van der Waals surface area contributed by atoms with Gasteiger partial charge < -0.3 is 9.84 Å². The van der Waals surface area contributed by atoms with E-state index in [2.05, 4.69) is 6.58 Å². The van der Waals surface area contributed by atoms with Crippen LogP contribution in [-0.4, -0.2) is 38.0 Å². The lowest BCUT2D eigenvalue weighted by molar-refractivity contribution is -0.144. The zero-order valence-corrected chi connectivity index (χ0v) is 20.6. The van der Waals surface area contributed by atoms with E-state index in [1.165, 1.54) is 6.92 Å². The van der Waals surface area contributed by atoms with Gasteiger partial charge in [-0.15, -0.1) is 11.8 Å². The third kappa shape index (κ3) is 7.00. The lowest BCUT2D eigenvalue weighted by Crippen LogP contribution is -2.41. The van der Waals surface area contributed by atoms with Gasteiger partial charge in [0, 0.05) is 23.6 Å². The Kier molecular flexibility index (Phi) is 9.55. The molecule has 196 valence electrons. The summed E-state index contributed by atoms with van der Waals surface area (Å²) in [5, 5.41) is 7.72. The number of nitrogens with zero attached hydrogens (tertiary/aromatic N) is 2. The van der Waals surface area contributed by atoms with Crippen molar-refractivity contribution in [2.75, 3.05) is 6.61 Å². The first kappa shape index (κ1) is 29.2. The van der Waals surface area contributed by atoms with Crippen LogP contribution >= 0.6 is 23.4 Å². The molecule has 0 aliphatic rings. The minimum Gasteiger partial charge on any atom is -0.478 e. The molecular weight excluding hydrogens is 532 g/mol. The van der Waals surface area contributed by atoms with E-state index < -0.39 is 51.8 Å². The topological polar surface area (TPSA) is 108 Å². The third-order valence-corrected chi connectivity index (χ3v) is 6.47. The summed E-state index contributed by atoms with van der Waals surface area (Å²) in [6.07, 6.45) is -3.93. The first-order chi connectivity index (χ1) is 16.6. The van der Waals surface area contributed by atoms with E-state index in [1.807, 2.05) is 0 Å². The fraction of sp³-hybridized carbons (Fsp3) is 0.364. The quantitative estimate of drug-likeness (QED) is 0.155. The lowest BCUT2D eigenvalue weighted by Gasteiger charge is -2.16. The number of unbranched alkanes of at least 4 members (excludes halogenated alkanes) is 1. The Bertz CT molecular complexity index is 1310. The predicted molar refractivity (Wildman–Crippen MR) is 124 cm³/mol. The lowest BCUT2D eigenvalue weighted by atomic mass is 10.1. The molecule has 0 fully saturated rings. The summed E-state index contributed by atoms with van der Waals surface area (Å²) in [5.41, 5.74) is -4.93. The molecule has 2 aromatic rings. The maximum atomic E-state index is 14.6. The number of esters is 1. The third-order valence-electron chi connectivity index (χ3n) is 4.91. The molecular formula is C22H21ClF4N2O6S. The number of aromatic nitrogens is 2. The molecule has 1 heterocycles. The summed E-state index contributed by atoms with van der Waals surface area (Å²) in [4.78, 5) is 47.9. The number of thioether (sulfide) groups is 1. The smallest absolute Gasteiger partial charge is 0.431 e. The van der Waals surface area contributed by atoms with E-state index in [-0.39, 0.29) is 43.7 Å². The van der Waals surface area contributed by atoms with Crippen LogP contribution in [-0.2, 0) is 27.5 Å². The van der Waals surface area contributed by atoms with E-state index in [9.17, 15) is 36.7 Å². The summed E-state index contributed by atoms with van der Waals surface area (Å²) >= 11 is 6.87. The molecule has 0 aliphatic carbocycles. The van der Waals surface area contributed by atoms with Gasteiger partial charge in [-0.25, -0.2) is 18.5 Å². The summed E-state index contributed by atoms with van der Waals surface area (Å²) in [6, 6.07) is 1.93. The molecule has 1 atom stereocenters. The molecule has 0 spiro atoms. The Morgan fingerprint density at radius 2 is 1.86 bits per heavy atom. The average molecular weight is 553 g/mol. The van der Waals surface area contributed by atoms with E-state index in [4.69, 9.17) is 21.4 Å². The second-order valence-electron chi connectivity index (χ2n) is 7.57. The second-order valence-corrected chi connectivity index (χ2v) is 9.36. The summed E-state index contributed by atoms with van der Waals surface area (Å²) in [5.74, 6) is -2.91. The number of hydrogen-bond donors (Lipinski definition) is 1. The van der Waals surface area contributed by atoms with Gasteiger partial charge in [-0.1, -0.05) is 18.2 Å². The number of carbonyl (C=O) groups is 2. The predicted octanol–water partition coefficient (Wildman–Crippen LogP) is 4.18. The van der Waals surface area contributed by atoms with Gasteiger partial charge in [0.1, 0.15) is 16.8 Å². The summed E-state index contributed by atoms with van der Waals surface area (Å²) in [7, 11) is 0.792. The highest BCUT2D eigenvalue weighted by Crippen LogP contribution is 2.34. The Hall–Kier alpha value is -3.06. The number of carboxylic acid groups (broad SMARTS) is 1. The van der Waals surface area contributed by atoms with Crippen molar-refractivity contribution in [1.29, 1.82) is 0 Å². The Balaban J connectivity index is 2.22. The van der Waals surface area contributed by atoms with Crippen molar-refractivity contribution >= 4 is 35.3 Å². The number of benzene rings is 1. The zero-order valence-electron chi connectivity index (χ0n) is 19.0.